The number of nitrogens with one attached hydrogen (secondary N) is 1. The molecule has 0 aromatic heterocycles. The second kappa shape index (κ2) is 24.5. The number of halogens is 3. The lowest BCUT2D eigenvalue weighted by molar-refractivity contribution is -0.274. The Morgan fingerprint density at radius 2 is 1.67 bits per heavy atom. The maximum absolute atomic E-state index is 11.9. The van der Waals surface area contributed by atoms with Crippen LogP contribution >= 0.6 is 11.8 Å². The average Bonchev–Trinajstić information content (AvgIpc) is 3.07. The van der Waals surface area contributed by atoms with Crippen molar-refractivity contribution in [1.29, 1.82) is 0 Å². The highest BCUT2D eigenvalue weighted by Crippen LogP contribution is 2.23. The van der Waals surface area contributed by atoms with Gasteiger partial charge in [0.15, 0.2) is 0 Å². The molecule has 0 unspecified atom stereocenters. The Morgan fingerprint density at radius 1 is 1.04 bits per heavy atom. The minimum Gasteiger partial charge on any atom is -0.406 e. The molecule has 1 saturated heterocycles. The predicted molar refractivity (Wildman–Crippen MR) is 208 cm³/mol. The van der Waals surface area contributed by atoms with Crippen molar-refractivity contribution in [2.75, 3.05) is 32.4 Å². The molecule has 0 saturated carbocycles. The molecule has 0 bridgehead atoms. The van der Waals surface area contributed by atoms with Crippen LogP contribution in [0.4, 0.5) is 18.0 Å². The highest BCUT2D eigenvalue weighted by Gasteiger charge is 2.30. The number of likely N-dealkylation sites (tertiary alicyclic amines) is 1. The molecule has 3 rings (SSSR count). The summed E-state index contributed by atoms with van der Waals surface area (Å²) in [6.07, 6.45) is 3.04. The number of aryl methyl sites for hydroxylation is 3. The van der Waals surface area contributed by atoms with Gasteiger partial charge in [0.1, 0.15) is 11.5 Å². The summed E-state index contributed by atoms with van der Waals surface area (Å²) in [5.74, 6) is 2.42. The van der Waals surface area contributed by atoms with Gasteiger partial charge in [-0.2, -0.15) is 4.99 Å². The van der Waals surface area contributed by atoms with Gasteiger partial charge < -0.3 is 15.0 Å². The number of hydrogen-bond acceptors (Lipinski definition) is 5. The van der Waals surface area contributed by atoms with Crippen LogP contribution < -0.4 is 10.1 Å². The van der Waals surface area contributed by atoms with E-state index in [4.69, 9.17) is 0 Å². The zero-order valence-corrected chi connectivity index (χ0v) is 32.7. The highest BCUT2D eigenvalue weighted by atomic mass is 32.2. The number of hydrogen-bond donors (Lipinski definition) is 1. The molecule has 0 atom stereocenters. The van der Waals surface area contributed by atoms with Crippen molar-refractivity contribution in [2.45, 2.75) is 106 Å². The molecular formula is C39H58F3N5O3S. The second-order valence-corrected chi connectivity index (χ2v) is 13.9. The standard InChI is InChI=1S/C20H35N5O2S.C11H16.C8H7F3O/c1-5-7-11-22-19(21-4)25-13-9-17(10-14-25)8-12-23-20(27)24-16(3)28-15-18(26)6-2;1-8(2)11-6-5-9(3)7-10(11)4;1-6-2-4-7(5-3-6)12-8(9,10)11/h11,17H,5-10,12-15H2,1-4H3,(H,23,27);5-8H,1-4H3;2-5H,1H3/b21-19?,22-11-,24-16-;;. The number of Topliss-reactive ketones (excluding diaryl/α,β-unsaturated/α-hetero) is 1. The molecule has 2 aromatic rings. The van der Waals surface area contributed by atoms with Crippen molar-refractivity contribution in [3.63, 3.8) is 0 Å². The molecular weight excluding hydrogens is 676 g/mol. The lowest BCUT2D eigenvalue weighted by Gasteiger charge is -2.32. The third-order valence-electron chi connectivity index (χ3n) is 7.95. The first-order chi connectivity index (χ1) is 24.1. The molecule has 51 heavy (non-hydrogen) atoms. The van der Waals surface area contributed by atoms with Gasteiger partial charge in [0, 0.05) is 39.3 Å². The zero-order chi connectivity index (χ0) is 38.4. The van der Waals surface area contributed by atoms with Crippen LogP contribution in [0.15, 0.2) is 57.4 Å². The first kappa shape index (κ1) is 45.4. The topological polar surface area (TPSA) is 95.7 Å². The van der Waals surface area contributed by atoms with E-state index in [9.17, 15) is 22.8 Å². The largest absolute Gasteiger partial charge is 0.573 e. The summed E-state index contributed by atoms with van der Waals surface area (Å²) in [4.78, 5) is 38.2. The Kier molecular flexibility index (Phi) is 21.8. The van der Waals surface area contributed by atoms with Crippen molar-refractivity contribution >= 4 is 40.8 Å². The normalized spacial score (nSPS) is 14.1. The van der Waals surface area contributed by atoms with Crippen LogP contribution in [0.3, 0.4) is 0 Å². The predicted octanol–water partition coefficient (Wildman–Crippen LogP) is 10.1. The van der Waals surface area contributed by atoms with E-state index < -0.39 is 6.36 Å². The molecule has 1 N–H and O–H groups in total. The van der Waals surface area contributed by atoms with E-state index in [1.807, 2.05) is 13.1 Å². The van der Waals surface area contributed by atoms with E-state index in [-0.39, 0.29) is 17.6 Å². The lowest BCUT2D eigenvalue weighted by Crippen LogP contribution is -2.38. The number of nitrogens with zero attached hydrogens (tertiary/aromatic N) is 4. The van der Waals surface area contributed by atoms with E-state index in [0.29, 0.717) is 35.6 Å². The monoisotopic (exact) mass is 733 g/mol. The number of piperidine rings is 1. The molecule has 1 aliphatic heterocycles. The van der Waals surface area contributed by atoms with Gasteiger partial charge in [-0.25, -0.2) is 9.79 Å². The number of benzene rings is 2. The average molecular weight is 734 g/mol. The quantitative estimate of drug-likeness (QED) is 0.194. The van der Waals surface area contributed by atoms with Crippen LogP contribution in [-0.2, 0) is 4.79 Å². The molecule has 1 aliphatic rings. The first-order valence-corrected chi connectivity index (χ1v) is 18.7. The molecule has 1 heterocycles. The van der Waals surface area contributed by atoms with Crippen molar-refractivity contribution in [1.82, 2.24) is 10.2 Å². The Hall–Kier alpha value is -3.67. The molecule has 12 heteroatoms. The van der Waals surface area contributed by atoms with Gasteiger partial charge in [0.2, 0.25) is 5.96 Å². The van der Waals surface area contributed by atoms with Gasteiger partial charge in [0.25, 0.3) is 0 Å². The fraction of sp³-hybridized carbons (Fsp3) is 0.564. The van der Waals surface area contributed by atoms with Gasteiger partial charge in [-0.15, -0.1) is 24.9 Å². The number of rotatable bonds is 10. The minimum atomic E-state index is -4.60. The highest BCUT2D eigenvalue weighted by molar-refractivity contribution is 8.14. The van der Waals surface area contributed by atoms with Crippen LogP contribution in [0.25, 0.3) is 0 Å². The van der Waals surface area contributed by atoms with E-state index in [2.05, 4.69) is 82.7 Å². The summed E-state index contributed by atoms with van der Waals surface area (Å²) < 4.78 is 38.5. The Morgan fingerprint density at radius 3 is 2.20 bits per heavy atom. The zero-order valence-electron chi connectivity index (χ0n) is 31.9. The fourth-order valence-electron chi connectivity index (χ4n) is 5.08. The summed E-state index contributed by atoms with van der Waals surface area (Å²) >= 11 is 1.32. The Bertz CT molecular complexity index is 1420. The molecule has 0 aliphatic carbocycles. The Balaban J connectivity index is 0.000000459. The number of ether oxygens (including phenoxy) is 1. The van der Waals surface area contributed by atoms with Crippen molar-refractivity contribution in [3.8, 4) is 5.75 Å². The van der Waals surface area contributed by atoms with Crippen molar-refractivity contribution < 1.29 is 27.5 Å². The fourth-order valence-corrected chi connectivity index (χ4v) is 5.80. The number of urea groups is 1. The third kappa shape index (κ3) is 20.7. The summed E-state index contributed by atoms with van der Waals surface area (Å²) in [6, 6.07) is 12.0. The van der Waals surface area contributed by atoms with Crippen LogP contribution in [0.2, 0.25) is 0 Å². The van der Waals surface area contributed by atoms with Gasteiger partial charge in [-0.1, -0.05) is 75.6 Å². The maximum atomic E-state index is 11.9. The molecule has 0 radical (unpaired) electrons. The number of ketones is 1. The second-order valence-electron chi connectivity index (χ2n) is 12.8. The van der Waals surface area contributed by atoms with Gasteiger partial charge in [0.05, 0.1) is 10.8 Å². The van der Waals surface area contributed by atoms with Gasteiger partial charge >= 0.3 is 12.4 Å². The van der Waals surface area contributed by atoms with Gasteiger partial charge in [-0.3, -0.25) is 9.79 Å². The molecule has 2 amide bonds. The molecule has 1 fully saturated rings. The SMILES string of the molecule is CCC/C=N\C(=NC)N1CCC(CCNC(=O)/N=C(/C)SCC(=O)CC)CC1.Cc1ccc(C(C)C)c(C)c1.Cc1ccc(OC(F)(F)F)cc1. The van der Waals surface area contributed by atoms with E-state index in [1.54, 1.807) is 33.0 Å². The number of alkyl halides is 3. The molecule has 2 aromatic carbocycles. The lowest BCUT2D eigenvalue weighted by atomic mass is 9.94. The van der Waals surface area contributed by atoms with E-state index in [0.717, 1.165) is 56.7 Å². The molecule has 8 nitrogen and oxygen atoms in total. The number of carbonyl (C=O) groups is 2. The van der Waals surface area contributed by atoms with Crippen LogP contribution in [-0.4, -0.2) is 72.7 Å². The molecule has 0 spiro atoms. The maximum Gasteiger partial charge on any atom is 0.573 e. The number of unbranched alkanes of at least 4 members (excludes halogenated alkanes) is 1. The summed E-state index contributed by atoms with van der Waals surface area (Å²) in [6.45, 7) is 18.8. The van der Waals surface area contributed by atoms with Crippen molar-refractivity contribution in [2.24, 2.45) is 20.9 Å². The minimum absolute atomic E-state index is 0.165. The molecule has 284 valence electrons. The van der Waals surface area contributed by atoms with Crippen molar-refractivity contribution in [3.05, 3.63) is 64.7 Å². The van der Waals surface area contributed by atoms with E-state index >= 15 is 0 Å². The van der Waals surface area contributed by atoms with E-state index in [1.165, 1.54) is 40.6 Å². The van der Waals surface area contributed by atoms with Crippen LogP contribution in [0.1, 0.15) is 101 Å². The number of thioether (sulfide) groups is 1. The van der Waals surface area contributed by atoms with Gasteiger partial charge in [-0.05, 0) is 88.5 Å². The number of carbonyl (C=O) groups excluding carboxylic acids is 2. The third-order valence-corrected chi connectivity index (χ3v) is 8.92. The first-order valence-electron chi connectivity index (χ1n) is 17.7. The van der Waals surface area contributed by atoms with Crippen LogP contribution in [0, 0.1) is 26.7 Å². The number of guanidine groups is 1. The smallest absolute Gasteiger partial charge is 0.406 e. The number of amides is 2. The number of aliphatic imine (C=N–C) groups is 3. The summed E-state index contributed by atoms with van der Waals surface area (Å²) in [7, 11) is 1.79. The summed E-state index contributed by atoms with van der Waals surface area (Å²) in [5, 5.41) is 3.48. The summed E-state index contributed by atoms with van der Waals surface area (Å²) in [5.41, 5.74) is 5.13. The Labute approximate surface area is 307 Å². The van der Waals surface area contributed by atoms with Crippen LogP contribution in [0.5, 0.6) is 5.75 Å².